The maximum absolute atomic E-state index is 10.8. The number of nitrogens with one attached hydrogen (secondary N) is 1. The molecule has 0 amide bonds. The van der Waals surface area contributed by atoms with Gasteiger partial charge in [0.05, 0.1) is 5.41 Å². The molecule has 0 radical (unpaired) electrons. The molecule has 1 fully saturated rings. The van der Waals surface area contributed by atoms with Gasteiger partial charge >= 0.3 is 5.97 Å². The van der Waals surface area contributed by atoms with E-state index in [9.17, 15) is 4.79 Å². The topological polar surface area (TPSA) is 66.0 Å². The largest absolute Gasteiger partial charge is 0.481 e. The van der Waals surface area contributed by atoms with Crippen LogP contribution in [-0.2, 0) is 11.2 Å². The molecule has 4 nitrogen and oxygen atoms in total. The summed E-state index contributed by atoms with van der Waals surface area (Å²) < 4.78 is 0. The number of imidazole rings is 1. The summed E-state index contributed by atoms with van der Waals surface area (Å²) in [5, 5.41) is 8.86. The Bertz CT molecular complexity index is 288. The number of carboxylic acids is 1. The number of nitrogens with zero attached hydrogens (tertiary/aromatic N) is 1. The van der Waals surface area contributed by atoms with Crippen molar-refractivity contribution in [3.63, 3.8) is 0 Å². The summed E-state index contributed by atoms with van der Waals surface area (Å²) in [6.07, 6.45) is 5.46. The second-order valence-corrected chi connectivity index (χ2v) is 3.30. The minimum absolute atomic E-state index is 0.502. The number of H-pyrrole nitrogens is 1. The molecule has 2 rings (SSSR count). The van der Waals surface area contributed by atoms with E-state index in [1.807, 2.05) is 0 Å². The molecule has 2 N–H and O–H groups in total. The van der Waals surface area contributed by atoms with Gasteiger partial charge in [-0.15, -0.1) is 0 Å². The van der Waals surface area contributed by atoms with Gasteiger partial charge < -0.3 is 10.1 Å². The second kappa shape index (κ2) is 2.33. The maximum atomic E-state index is 10.8. The zero-order valence-electron chi connectivity index (χ0n) is 6.58. The number of aliphatic carboxylic acids is 1. The number of rotatable bonds is 3. The van der Waals surface area contributed by atoms with Crippen LogP contribution in [-0.4, -0.2) is 21.0 Å². The molecule has 0 aliphatic heterocycles. The van der Waals surface area contributed by atoms with Crippen molar-refractivity contribution in [1.29, 1.82) is 0 Å². The summed E-state index contributed by atoms with van der Waals surface area (Å²) in [7, 11) is 0. The highest BCUT2D eigenvalue weighted by Crippen LogP contribution is 2.48. The lowest BCUT2D eigenvalue weighted by atomic mass is 10.0. The fraction of sp³-hybridized carbons (Fsp3) is 0.500. The molecule has 0 atom stereocenters. The first-order valence-electron chi connectivity index (χ1n) is 3.95. The fourth-order valence-electron chi connectivity index (χ4n) is 1.33. The SMILES string of the molecule is O=C(O)C1(Cc2ncc[nH]2)CC1. The van der Waals surface area contributed by atoms with Crippen LogP contribution in [0.4, 0.5) is 0 Å². The average molecular weight is 166 g/mol. The number of carboxylic acid groups (broad SMARTS) is 1. The van der Waals surface area contributed by atoms with Crippen LogP contribution < -0.4 is 0 Å². The van der Waals surface area contributed by atoms with Crippen LogP contribution in [0.5, 0.6) is 0 Å². The summed E-state index contributed by atoms with van der Waals surface area (Å²) in [6.45, 7) is 0. The highest BCUT2D eigenvalue weighted by Gasteiger charge is 2.50. The zero-order valence-corrected chi connectivity index (χ0v) is 6.58. The van der Waals surface area contributed by atoms with Crippen molar-refractivity contribution in [3.05, 3.63) is 18.2 Å². The number of hydrogen-bond donors (Lipinski definition) is 2. The maximum Gasteiger partial charge on any atom is 0.310 e. The van der Waals surface area contributed by atoms with E-state index in [1.54, 1.807) is 12.4 Å². The van der Waals surface area contributed by atoms with Crippen molar-refractivity contribution in [2.75, 3.05) is 0 Å². The van der Waals surface area contributed by atoms with Crippen molar-refractivity contribution >= 4 is 5.97 Å². The summed E-state index contributed by atoms with van der Waals surface area (Å²) in [4.78, 5) is 17.7. The first kappa shape index (κ1) is 7.34. The van der Waals surface area contributed by atoms with Gasteiger partial charge in [0.2, 0.25) is 0 Å². The van der Waals surface area contributed by atoms with Crippen molar-refractivity contribution < 1.29 is 9.90 Å². The molecule has 1 heterocycles. The minimum atomic E-state index is -0.695. The van der Waals surface area contributed by atoms with Gasteiger partial charge in [0.25, 0.3) is 0 Å². The lowest BCUT2D eigenvalue weighted by Crippen LogP contribution is -2.18. The van der Waals surface area contributed by atoms with E-state index in [2.05, 4.69) is 9.97 Å². The molecule has 1 aliphatic rings. The Balaban J connectivity index is 2.09. The second-order valence-electron chi connectivity index (χ2n) is 3.30. The van der Waals surface area contributed by atoms with Crippen molar-refractivity contribution in [2.45, 2.75) is 19.3 Å². The van der Waals surface area contributed by atoms with Gasteiger partial charge in [-0.25, -0.2) is 4.98 Å². The molecular formula is C8H10N2O2. The standard InChI is InChI=1S/C8H10N2O2/c11-7(12)8(1-2-8)5-6-9-3-4-10-6/h3-4H,1-2,5H2,(H,9,10)(H,11,12). The van der Waals surface area contributed by atoms with Gasteiger partial charge in [0.15, 0.2) is 0 Å². The van der Waals surface area contributed by atoms with Gasteiger partial charge in [-0.1, -0.05) is 0 Å². The Labute approximate surface area is 69.6 Å². The van der Waals surface area contributed by atoms with E-state index in [-0.39, 0.29) is 0 Å². The molecule has 0 bridgehead atoms. The average Bonchev–Trinajstić information content (AvgIpc) is 2.60. The fourth-order valence-corrected chi connectivity index (χ4v) is 1.33. The summed E-state index contributed by atoms with van der Waals surface area (Å²) in [6, 6.07) is 0. The number of carbonyl (C=O) groups is 1. The van der Waals surface area contributed by atoms with Crippen LogP contribution in [0.2, 0.25) is 0 Å². The van der Waals surface area contributed by atoms with Gasteiger partial charge in [-0.05, 0) is 12.8 Å². The molecule has 0 unspecified atom stereocenters. The van der Waals surface area contributed by atoms with Crippen molar-refractivity contribution in [1.82, 2.24) is 9.97 Å². The van der Waals surface area contributed by atoms with Gasteiger partial charge in [-0.3, -0.25) is 4.79 Å². The predicted molar refractivity (Wildman–Crippen MR) is 41.6 cm³/mol. The molecule has 1 aromatic rings. The third-order valence-corrected chi connectivity index (χ3v) is 2.37. The number of aromatic amines is 1. The van der Waals surface area contributed by atoms with E-state index in [1.165, 1.54) is 0 Å². The Morgan fingerprint density at radius 2 is 2.50 bits per heavy atom. The molecule has 1 aromatic heterocycles. The number of aromatic nitrogens is 2. The van der Waals surface area contributed by atoms with E-state index in [4.69, 9.17) is 5.11 Å². The van der Waals surface area contributed by atoms with E-state index in [0.29, 0.717) is 6.42 Å². The Morgan fingerprint density at radius 1 is 1.75 bits per heavy atom. The first-order chi connectivity index (χ1) is 5.73. The van der Waals surface area contributed by atoms with E-state index < -0.39 is 11.4 Å². The van der Waals surface area contributed by atoms with Crippen molar-refractivity contribution in [2.24, 2.45) is 5.41 Å². The van der Waals surface area contributed by atoms with Crippen LogP contribution >= 0.6 is 0 Å². The molecule has 12 heavy (non-hydrogen) atoms. The molecule has 4 heteroatoms. The smallest absolute Gasteiger partial charge is 0.310 e. The molecule has 0 spiro atoms. The van der Waals surface area contributed by atoms with E-state index >= 15 is 0 Å². The summed E-state index contributed by atoms with van der Waals surface area (Å²) >= 11 is 0. The monoisotopic (exact) mass is 166 g/mol. The summed E-state index contributed by atoms with van der Waals surface area (Å²) in [5.74, 6) is 0.0776. The van der Waals surface area contributed by atoms with Crippen LogP contribution in [0.25, 0.3) is 0 Å². The predicted octanol–water partition coefficient (Wildman–Crippen LogP) is 0.817. The Hall–Kier alpha value is -1.32. The Morgan fingerprint density at radius 3 is 2.92 bits per heavy atom. The highest BCUT2D eigenvalue weighted by atomic mass is 16.4. The third-order valence-electron chi connectivity index (χ3n) is 2.37. The van der Waals surface area contributed by atoms with Crippen molar-refractivity contribution in [3.8, 4) is 0 Å². The summed E-state index contributed by atoms with van der Waals surface area (Å²) in [5.41, 5.74) is -0.502. The van der Waals surface area contributed by atoms with Crippen LogP contribution in [0.15, 0.2) is 12.4 Å². The quantitative estimate of drug-likeness (QED) is 0.698. The normalized spacial score (nSPS) is 19.0. The molecular weight excluding hydrogens is 156 g/mol. The molecule has 0 aromatic carbocycles. The first-order valence-corrected chi connectivity index (χ1v) is 3.95. The van der Waals surface area contributed by atoms with Crippen LogP contribution in [0.3, 0.4) is 0 Å². The lowest BCUT2D eigenvalue weighted by Gasteiger charge is -2.05. The van der Waals surface area contributed by atoms with Crippen LogP contribution in [0.1, 0.15) is 18.7 Å². The van der Waals surface area contributed by atoms with Gasteiger partial charge in [-0.2, -0.15) is 0 Å². The molecule has 64 valence electrons. The van der Waals surface area contributed by atoms with Gasteiger partial charge in [0, 0.05) is 18.8 Å². The zero-order chi connectivity index (χ0) is 8.60. The molecule has 1 aliphatic carbocycles. The molecule has 1 saturated carbocycles. The third kappa shape index (κ3) is 1.09. The lowest BCUT2D eigenvalue weighted by molar-refractivity contribution is -0.143. The Kier molecular flexibility index (Phi) is 1.43. The van der Waals surface area contributed by atoms with Gasteiger partial charge in [0.1, 0.15) is 5.82 Å². The number of hydrogen-bond acceptors (Lipinski definition) is 2. The van der Waals surface area contributed by atoms with Crippen LogP contribution in [0, 0.1) is 5.41 Å². The molecule has 0 saturated heterocycles. The highest BCUT2D eigenvalue weighted by molar-refractivity contribution is 5.78. The minimum Gasteiger partial charge on any atom is -0.481 e. The van der Waals surface area contributed by atoms with E-state index in [0.717, 1.165) is 18.7 Å².